The Balaban J connectivity index is 3.23. The predicted octanol–water partition coefficient (Wildman–Crippen LogP) is 4.03. The zero-order valence-electron chi connectivity index (χ0n) is 13.6. The van der Waals surface area contributed by atoms with Crippen molar-refractivity contribution in [1.82, 2.24) is 4.31 Å². The SMILES string of the molecule is CCCCCN(C(C)C)S(=O)(=O)c1c(C)cc(F)cc1C. The van der Waals surface area contributed by atoms with Gasteiger partial charge in [0.2, 0.25) is 10.0 Å². The van der Waals surface area contributed by atoms with Gasteiger partial charge in [-0.15, -0.1) is 0 Å². The van der Waals surface area contributed by atoms with Crippen LogP contribution in [0.4, 0.5) is 4.39 Å². The Morgan fingerprint density at radius 3 is 2.10 bits per heavy atom. The lowest BCUT2D eigenvalue weighted by Crippen LogP contribution is -2.38. The summed E-state index contributed by atoms with van der Waals surface area (Å²) in [4.78, 5) is 0.245. The molecule has 120 valence electrons. The summed E-state index contributed by atoms with van der Waals surface area (Å²) in [5, 5.41) is 0. The number of hydrogen-bond acceptors (Lipinski definition) is 2. The second-order valence-electron chi connectivity index (χ2n) is 5.79. The first-order valence-corrected chi connectivity index (χ1v) is 8.94. The van der Waals surface area contributed by atoms with Gasteiger partial charge in [0.05, 0.1) is 4.90 Å². The van der Waals surface area contributed by atoms with Gasteiger partial charge in [0, 0.05) is 12.6 Å². The Morgan fingerprint density at radius 2 is 1.67 bits per heavy atom. The van der Waals surface area contributed by atoms with E-state index in [9.17, 15) is 12.8 Å². The van der Waals surface area contributed by atoms with Crippen molar-refractivity contribution in [2.45, 2.75) is 64.8 Å². The Bertz CT molecular complexity index is 559. The molecule has 0 heterocycles. The molecular weight excluding hydrogens is 289 g/mol. The molecule has 5 heteroatoms. The minimum absolute atomic E-state index is 0.115. The highest BCUT2D eigenvalue weighted by Crippen LogP contribution is 2.26. The van der Waals surface area contributed by atoms with E-state index in [1.807, 2.05) is 13.8 Å². The second-order valence-corrected chi connectivity index (χ2v) is 7.61. The summed E-state index contributed by atoms with van der Waals surface area (Å²) in [6.07, 6.45) is 2.88. The number of nitrogens with zero attached hydrogens (tertiary/aromatic N) is 1. The van der Waals surface area contributed by atoms with E-state index < -0.39 is 15.8 Å². The molecule has 1 aromatic carbocycles. The predicted molar refractivity (Wildman–Crippen MR) is 84.4 cm³/mol. The van der Waals surface area contributed by atoms with Crippen LogP contribution in [0.2, 0.25) is 0 Å². The normalized spacial score (nSPS) is 12.4. The maximum atomic E-state index is 13.4. The zero-order chi connectivity index (χ0) is 16.2. The molecule has 0 atom stereocenters. The second kappa shape index (κ2) is 7.36. The largest absolute Gasteiger partial charge is 0.243 e. The molecule has 0 aliphatic rings. The number of sulfonamides is 1. The number of benzene rings is 1. The fourth-order valence-electron chi connectivity index (χ4n) is 2.60. The van der Waals surface area contributed by atoms with Crippen molar-refractivity contribution in [1.29, 1.82) is 0 Å². The van der Waals surface area contributed by atoms with Crippen LogP contribution in [-0.2, 0) is 10.0 Å². The Hall–Kier alpha value is -0.940. The standard InChI is InChI=1S/C16H26FNO2S/c1-6-7-8-9-18(12(2)3)21(19,20)16-13(4)10-15(17)11-14(16)5/h10-12H,6-9H2,1-5H3. The highest BCUT2D eigenvalue weighted by atomic mass is 32.2. The Kier molecular flexibility index (Phi) is 6.35. The average Bonchev–Trinajstić information content (AvgIpc) is 2.31. The minimum Gasteiger partial charge on any atom is -0.207 e. The lowest BCUT2D eigenvalue weighted by atomic mass is 10.1. The molecule has 0 bridgehead atoms. The molecule has 0 aromatic heterocycles. The average molecular weight is 315 g/mol. The van der Waals surface area contributed by atoms with Gasteiger partial charge < -0.3 is 0 Å². The molecule has 0 unspecified atom stereocenters. The molecule has 0 aliphatic carbocycles. The topological polar surface area (TPSA) is 37.4 Å². The van der Waals surface area contributed by atoms with Gasteiger partial charge in [-0.05, 0) is 57.4 Å². The smallest absolute Gasteiger partial charge is 0.207 e. The van der Waals surface area contributed by atoms with Gasteiger partial charge in [0.25, 0.3) is 0 Å². The van der Waals surface area contributed by atoms with Gasteiger partial charge in [-0.1, -0.05) is 19.8 Å². The van der Waals surface area contributed by atoms with E-state index in [0.717, 1.165) is 19.3 Å². The van der Waals surface area contributed by atoms with Crippen molar-refractivity contribution in [2.24, 2.45) is 0 Å². The van der Waals surface area contributed by atoms with Crippen LogP contribution in [0.25, 0.3) is 0 Å². The lowest BCUT2D eigenvalue weighted by molar-refractivity contribution is 0.345. The number of aryl methyl sites for hydroxylation is 2. The van der Waals surface area contributed by atoms with Crippen LogP contribution in [0.5, 0.6) is 0 Å². The molecule has 0 fully saturated rings. The molecule has 0 aliphatic heterocycles. The Morgan fingerprint density at radius 1 is 1.14 bits per heavy atom. The third-order valence-electron chi connectivity index (χ3n) is 3.55. The zero-order valence-corrected chi connectivity index (χ0v) is 14.4. The molecule has 0 saturated heterocycles. The van der Waals surface area contributed by atoms with E-state index >= 15 is 0 Å². The third-order valence-corrected chi connectivity index (χ3v) is 5.93. The van der Waals surface area contributed by atoms with Gasteiger partial charge in [0.1, 0.15) is 5.82 Å². The van der Waals surface area contributed by atoms with Crippen LogP contribution in [0.3, 0.4) is 0 Å². The molecule has 3 nitrogen and oxygen atoms in total. The molecule has 21 heavy (non-hydrogen) atoms. The molecule has 0 N–H and O–H groups in total. The minimum atomic E-state index is -3.59. The molecule has 0 spiro atoms. The van der Waals surface area contributed by atoms with Gasteiger partial charge in [-0.25, -0.2) is 12.8 Å². The van der Waals surface area contributed by atoms with Crippen LogP contribution in [0.15, 0.2) is 17.0 Å². The number of halogens is 1. The van der Waals surface area contributed by atoms with Crippen LogP contribution in [0.1, 0.15) is 51.2 Å². The molecule has 0 saturated carbocycles. The van der Waals surface area contributed by atoms with Crippen molar-refractivity contribution >= 4 is 10.0 Å². The molecule has 1 aromatic rings. The van der Waals surface area contributed by atoms with Gasteiger partial charge >= 0.3 is 0 Å². The fraction of sp³-hybridized carbons (Fsp3) is 0.625. The quantitative estimate of drug-likeness (QED) is 0.712. The van der Waals surface area contributed by atoms with Crippen molar-refractivity contribution in [3.63, 3.8) is 0 Å². The highest BCUT2D eigenvalue weighted by molar-refractivity contribution is 7.89. The van der Waals surface area contributed by atoms with Gasteiger partial charge in [-0.3, -0.25) is 0 Å². The summed E-state index contributed by atoms with van der Waals surface area (Å²) in [6.45, 7) is 9.63. The van der Waals surface area contributed by atoms with Crippen LogP contribution >= 0.6 is 0 Å². The van der Waals surface area contributed by atoms with Crippen LogP contribution < -0.4 is 0 Å². The van der Waals surface area contributed by atoms with Crippen molar-refractivity contribution in [2.75, 3.05) is 6.54 Å². The van der Waals surface area contributed by atoms with E-state index in [-0.39, 0.29) is 10.9 Å². The molecular formula is C16H26FNO2S. The van der Waals surface area contributed by atoms with E-state index in [2.05, 4.69) is 6.92 Å². The monoisotopic (exact) mass is 315 g/mol. The first kappa shape index (κ1) is 18.1. The molecule has 0 amide bonds. The van der Waals surface area contributed by atoms with Gasteiger partial charge in [0.15, 0.2) is 0 Å². The Labute approximate surface area is 128 Å². The number of unbranched alkanes of at least 4 members (excludes halogenated alkanes) is 2. The number of hydrogen-bond donors (Lipinski definition) is 0. The maximum Gasteiger partial charge on any atom is 0.243 e. The van der Waals surface area contributed by atoms with E-state index in [0.29, 0.717) is 17.7 Å². The summed E-state index contributed by atoms with van der Waals surface area (Å²) >= 11 is 0. The van der Waals surface area contributed by atoms with Gasteiger partial charge in [-0.2, -0.15) is 4.31 Å². The van der Waals surface area contributed by atoms with Crippen molar-refractivity contribution < 1.29 is 12.8 Å². The van der Waals surface area contributed by atoms with Crippen molar-refractivity contribution in [3.05, 3.63) is 29.1 Å². The summed E-state index contributed by atoms with van der Waals surface area (Å²) in [5.41, 5.74) is 0.933. The summed E-state index contributed by atoms with van der Waals surface area (Å²) < 4.78 is 40.8. The lowest BCUT2D eigenvalue weighted by Gasteiger charge is -2.27. The molecule has 1 rings (SSSR count). The van der Waals surface area contributed by atoms with Crippen LogP contribution in [-0.4, -0.2) is 25.3 Å². The molecule has 0 radical (unpaired) electrons. The van der Waals surface area contributed by atoms with Crippen molar-refractivity contribution in [3.8, 4) is 0 Å². The van der Waals surface area contributed by atoms with E-state index in [4.69, 9.17) is 0 Å². The fourth-order valence-corrected chi connectivity index (χ4v) is 4.69. The summed E-state index contributed by atoms with van der Waals surface area (Å²) in [5.74, 6) is -0.397. The highest BCUT2D eigenvalue weighted by Gasteiger charge is 2.29. The van der Waals surface area contributed by atoms with Crippen LogP contribution in [0, 0.1) is 19.7 Å². The number of rotatable bonds is 7. The first-order valence-electron chi connectivity index (χ1n) is 7.50. The first-order chi connectivity index (χ1) is 9.71. The summed E-state index contributed by atoms with van der Waals surface area (Å²) in [6, 6.07) is 2.45. The summed E-state index contributed by atoms with van der Waals surface area (Å²) in [7, 11) is -3.59. The maximum absolute atomic E-state index is 13.4. The van der Waals surface area contributed by atoms with E-state index in [1.54, 1.807) is 13.8 Å². The third kappa shape index (κ3) is 4.27. The van der Waals surface area contributed by atoms with E-state index in [1.165, 1.54) is 16.4 Å².